The predicted molar refractivity (Wildman–Crippen MR) is 158 cm³/mol. The second-order valence-corrected chi connectivity index (χ2v) is 10.2. The van der Waals surface area contributed by atoms with Crippen molar-refractivity contribution in [2.24, 2.45) is 0 Å². The predicted octanol–water partition coefficient (Wildman–Crippen LogP) is 6.03. The molecular weight excluding hydrogens is 552 g/mol. The van der Waals surface area contributed by atoms with Gasteiger partial charge in [0.2, 0.25) is 0 Å². The summed E-state index contributed by atoms with van der Waals surface area (Å²) >= 11 is 0. The van der Waals surface area contributed by atoms with Gasteiger partial charge in [0.05, 0.1) is 12.0 Å². The molecule has 1 aliphatic carbocycles. The van der Waals surface area contributed by atoms with Crippen LogP contribution in [0.15, 0.2) is 84.9 Å². The first-order valence-corrected chi connectivity index (χ1v) is 13.6. The maximum Gasteiger partial charge on any atom is 0.407 e. The van der Waals surface area contributed by atoms with E-state index in [0.717, 1.165) is 27.8 Å². The first-order valence-electron chi connectivity index (χ1n) is 13.6. The third-order valence-corrected chi connectivity index (χ3v) is 7.41. The first-order chi connectivity index (χ1) is 20.7. The fourth-order valence-electron chi connectivity index (χ4n) is 5.34. The largest absolute Gasteiger partial charge is 0.496 e. The Morgan fingerprint density at radius 3 is 2.23 bits per heavy atom. The summed E-state index contributed by atoms with van der Waals surface area (Å²) in [5.74, 6) is -0.814. The van der Waals surface area contributed by atoms with E-state index in [0.29, 0.717) is 16.9 Å². The average Bonchev–Trinajstić information content (AvgIpc) is 3.32. The third kappa shape index (κ3) is 6.43. The second kappa shape index (κ2) is 12.6. The Hall–Kier alpha value is -5.38. The molecule has 10 nitrogen and oxygen atoms in total. The number of fused-ring (bicyclic) bond motifs is 3. The molecule has 0 saturated carbocycles. The highest BCUT2D eigenvalue weighted by Gasteiger charge is 2.30. The van der Waals surface area contributed by atoms with Crippen molar-refractivity contribution in [3.05, 3.63) is 123 Å². The molecule has 43 heavy (non-hydrogen) atoms. The van der Waals surface area contributed by atoms with E-state index in [1.165, 1.54) is 19.2 Å². The molecule has 4 aromatic carbocycles. The van der Waals surface area contributed by atoms with E-state index in [1.807, 2.05) is 48.5 Å². The number of nitro benzene ring substituents is 1. The third-order valence-electron chi connectivity index (χ3n) is 7.41. The summed E-state index contributed by atoms with van der Waals surface area (Å²) in [4.78, 5) is 35.8. The van der Waals surface area contributed by atoms with Crippen LogP contribution < -0.4 is 14.8 Å². The van der Waals surface area contributed by atoms with E-state index in [1.54, 1.807) is 31.2 Å². The highest BCUT2D eigenvalue weighted by Crippen LogP contribution is 2.44. The van der Waals surface area contributed by atoms with Gasteiger partial charge in [-0.05, 0) is 58.5 Å². The minimum absolute atomic E-state index is 0.0405. The van der Waals surface area contributed by atoms with Crippen LogP contribution in [0, 0.1) is 17.0 Å². The number of methoxy groups -OCH3 is 1. The van der Waals surface area contributed by atoms with Crippen LogP contribution in [0.25, 0.3) is 11.1 Å². The van der Waals surface area contributed by atoms with Crippen LogP contribution in [0.3, 0.4) is 0 Å². The number of carbonyl (C=O) groups excluding carboxylic acids is 1. The number of carboxylic acid groups (broad SMARTS) is 1. The Bertz CT molecular complexity index is 1640. The number of ether oxygens (including phenoxy) is 3. The van der Waals surface area contributed by atoms with Gasteiger partial charge in [0.1, 0.15) is 25.0 Å². The maximum absolute atomic E-state index is 12.8. The molecule has 220 valence electrons. The number of hydrogen-bond acceptors (Lipinski definition) is 7. The van der Waals surface area contributed by atoms with Gasteiger partial charge < -0.3 is 24.6 Å². The summed E-state index contributed by atoms with van der Waals surface area (Å²) in [5, 5.41) is 23.8. The summed E-state index contributed by atoms with van der Waals surface area (Å²) in [6, 6.07) is 24.3. The fourth-order valence-corrected chi connectivity index (χ4v) is 5.34. The molecular formula is C33H30N2O8. The monoisotopic (exact) mass is 582 g/mol. The van der Waals surface area contributed by atoms with Crippen LogP contribution in [0.2, 0.25) is 0 Å². The zero-order valence-corrected chi connectivity index (χ0v) is 23.6. The maximum atomic E-state index is 12.8. The molecule has 0 fully saturated rings. The van der Waals surface area contributed by atoms with Gasteiger partial charge in [0.15, 0.2) is 5.75 Å². The minimum Gasteiger partial charge on any atom is -0.496 e. The van der Waals surface area contributed by atoms with Crippen LogP contribution in [-0.4, -0.2) is 41.9 Å². The van der Waals surface area contributed by atoms with Crippen molar-refractivity contribution in [3.63, 3.8) is 0 Å². The summed E-state index contributed by atoms with van der Waals surface area (Å²) in [6.07, 6.45) is -0.876. The molecule has 0 aliphatic heterocycles. The number of carboxylic acids is 1. The average molecular weight is 583 g/mol. The van der Waals surface area contributed by atoms with E-state index in [-0.39, 0.29) is 37.0 Å². The normalized spacial score (nSPS) is 12.5. The molecule has 1 aliphatic rings. The van der Waals surface area contributed by atoms with Crippen LogP contribution in [-0.2, 0) is 22.6 Å². The lowest BCUT2D eigenvalue weighted by molar-refractivity contribution is -0.386. The van der Waals surface area contributed by atoms with Crippen molar-refractivity contribution in [2.75, 3.05) is 13.7 Å². The fraction of sp³-hybridized carbons (Fsp3) is 0.212. The minimum atomic E-state index is -1.27. The molecule has 0 bridgehead atoms. The van der Waals surface area contributed by atoms with Crippen LogP contribution in [0.5, 0.6) is 11.5 Å². The molecule has 1 unspecified atom stereocenters. The highest BCUT2D eigenvalue weighted by molar-refractivity contribution is 5.81. The molecule has 4 aromatic rings. The van der Waals surface area contributed by atoms with E-state index in [4.69, 9.17) is 14.2 Å². The van der Waals surface area contributed by atoms with Crippen molar-refractivity contribution in [1.82, 2.24) is 5.32 Å². The zero-order valence-electron chi connectivity index (χ0n) is 23.6. The van der Waals surface area contributed by atoms with Crippen molar-refractivity contribution in [3.8, 4) is 22.6 Å². The number of nitrogens with one attached hydrogen (secondary N) is 1. The summed E-state index contributed by atoms with van der Waals surface area (Å²) in [7, 11) is 1.48. The number of benzene rings is 4. The van der Waals surface area contributed by atoms with E-state index >= 15 is 0 Å². The number of amides is 1. The molecule has 2 N–H and O–H groups in total. The van der Waals surface area contributed by atoms with Gasteiger partial charge in [-0.1, -0.05) is 60.7 Å². The molecule has 0 radical (unpaired) electrons. The Kier molecular flexibility index (Phi) is 8.56. The Balaban J connectivity index is 1.25. The molecule has 0 heterocycles. The number of aliphatic carboxylic acids is 1. The van der Waals surface area contributed by atoms with E-state index < -0.39 is 23.0 Å². The zero-order chi connectivity index (χ0) is 30.5. The molecule has 0 saturated heterocycles. The van der Waals surface area contributed by atoms with Gasteiger partial charge in [-0.2, -0.15) is 0 Å². The van der Waals surface area contributed by atoms with Crippen LogP contribution in [0.4, 0.5) is 10.5 Å². The smallest absolute Gasteiger partial charge is 0.407 e. The van der Waals surface area contributed by atoms with Crippen molar-refractivity contribution in [2.45, 2.75) is 31.9 Å². The quantitative estimate of drug-likeness (QED) is 0.162. The topological polar surface area (TPSA) is 137 Å². The number of nitro groups is 1. The standard InChI is InChI=1S/C33H30N2O8/c1-20-11-13-31(29(15-20)35(39)40)42-18-22-16-21(12-14-30(22)41-2)17-28(32(36)37)34-33(38)43-19-27-25-9-5-3-7-23(25)24-8-4-6-10-26(24)27/h3-16,27-28H,17-19H2,1-2H3,(H,34,38)(H,36,37). The van der Waals surface area contributed by atoms with E-state index in [9.17, 15) is 24.8 Å². The number of rotatable bonds is 11. The van der Waals surface area contributed by atoms with Gasteiger partial charge in [-0.3, -0.25) is 10.1 Å². The summed E-state index contributed by atoms with van der Waals surface area (Å²) in [6.45, 7) is 1.75. The van der Waals surface area contributed by atoms with Gasteiger partial charge >= 0.3 is 17.7 Å². The lowest BCUT2D eigenvalue weighted by Gasteiger charge is -2.18. The Morgan fingerprint density at radius 1 is 0.953 bits per heavy atom. The lowest BCUT2D eigenvalue weighted by atomic mass is 9.98. The van der Waals surface area contributed by atoms with Gasteiger partial charge in [0, 0.05) is 24.0 Å². The van der Waals surface area contributed by atoms with Gasteiger partial charge in [0.25, 0.3) is 0 Å². The first kappa shape index (κ1) is 29.1. The van der Waals surface area contributed by atoms with Gasteiger partial charge in [-0.25, -0.2) is 9.59 Å². The van der Waals surface area contributed by atoms with Crippen LogP contribution in [0.1, 0.15) is 33.7 Å². The second-order valence-electron chi connectivity index (χ2n) is 10.2. The number of hydrogen-bond donors (Lipinski definition) is 2. The Labute approximate surface area is 248 Å². The summed E-state index contributed by atoms with van der Waals surface area (Å²) < 4.78 is 16.7. The highest BCUT2D eigenvalue weighted by atomic mass is 16.6. The molecule has 1 atom stereocenters. The van der Waals surface area contributed by atoms with Crippen molar-refractivity contribution in [1.29, 1.82) is 0 Å². The van der Waals surface area contributed by atoms with Crippen molar-refractivity contribution < 1.29 is 33.8 Å². The van der Waals surface area contributed by atoms with Crippen LogP contribution >= 0.6 is 0 Å². The number of alkyl carbamates (subject to hydrolysis) is 1. The number of nitrogens with zero attached hydrogens (tertiary/aromatic N) is 1. The Morgan fingerprint density at radius 2 is 1.60 bits per heavy atom. The molecule has 1 amide bonds. The molecule has 5 rings (SSSR count). The van der Waals surface area contributed by atoms with E-state index in [2.05, 4.69) is 5.32 Å². The summed E-state index contributed by atoms with van der Waals surface area (Å²) in [5.41, 5.74) is 5.99. The SMILES string of the molecule is COc1ccc(CC(NC(=O)OCC2c3ccccc3-c3ccccc32)C(=O)O)cc1COc1ccc(C)cc1[N+](=O)[O-]. The molecule has 10 heteroatoms. The number of carbonyl (C=O) groups is 2. The van der Waals surface area contributed by atoms with Crippen molar-refractivity contribution >= 4 is 17.7 Å². The number of aryl methyl sites for hydroxylation is 1. The molecule has 0 spiro atoms. The lowest BCUT2D eigenvalue weighted by Crippen LogP contribution is -2.42. The van der Waals surface area contributed by atoms with Gasteiger partial charge in [-0.15, -0.1) is 0 Å². The molecule has 0 aromatic heterocycles.